The number of piperidine rings is 1. The molecule has 20 heavy (non-hydrogen) atoms. The Hall–Kier alpha value is -1.83. The zero-order chi connectivity index (χ0) is 15.3. The average molecular weight is 288 g/mol. The number of nitrogens with zero attached hydrogens (tertiary/aromatic N) is 1. The summed E-state index contributed by atoms with van der Waals surface area (Å²) in [7, 11) is 1.30. The van der Waals surface area contributed by atoms with Crippen LogP contribution in [0.5, 0.6) is 0 Å². The number of nitrogens with one attached hydrogen (secondary N) is 1. The lowest BCUT2D eigenvalue weighted by atomic mass is 9.98. The van der Waals surface area contributed by atoms with Gasteiger partial charge in [-0.05, 0) is 19.8 Å². The van der Waals surface area contributed by atoms with Crippen molar-refractivity contribution in [1.82, 2.24) is 10.2 Å². The fourth-order valence-electron chi connectivity index (χ4n) is 1.96. The lowest BCUT2D eigenvalue weighted by molar-refractivity contribution is -0.155. The molecule has 1 aliphatic rings. The zero-order valence-corrected chi connectivity index (χ0v) is 11.6. The lowest BCUT2D eigenvalue weighted by Gasteiger charge is -2.32. The van der Waals surface area contributed by atoms with E-state index in [1.54, 1.807) is 0 Å². The van der Waals surface area contributed by atoms with E-state index in [1.165, 1.54) is 12.0 Å². The molecule has 1 aliphatic heterocycles. The molecule has 0 aliphatic carbocycles. The van der Waals surface area contributed by atoms with Gasteiger partial charge in [0, 0.05) is 13.1 Å². The van der Waals surface area contributed by atoms with E-state index in [9.17, 15) is 19.5 Å². The van der Waals surface area contributed by atoms with Crippen LogP contribution in [0.15, 0.2) is 0 Å². The van der Waals surface area contributed by atoms with E-state index in [0.29, 0.717) is 19.4 Å². The van der Waals surface area contributed by atoms with Crippen molar-refractivity contribution in [1.29, 1.82) is 0 Å². The van der Waals surface area contributed by atoms with Crippen molar-refractivity contribution < 1.29 is 29.3 Å². The Balaban J connectivity index is 2.51. The molecular formula is C12H20N2O6. The van der Waals surface area contributed by atoms with Gasteiger partial charge >= 0.3 is 18.0 Å². The first-order valence-electron chi connectivity index (χ1n) is 6.34. The normalized spacial score (nSPS) is 21.8. The molecule has 2 unspecified atom stereocenters. The van der Waals surface area contributed by atoms with Crippen LogP contribution in [0.4, 0.5) is 4.79 Å². The van der Waals surface area contributed by atoms with Crippen LogP contribution >= 0.6 is 0 Å². The van der Waals surface area contributed by atoms with Gasteiger partial charge in [-0.1, -0.05) is 0 Å². The summed E-state index contributed by atoms with van der Waals surface area (Å²) in [6.45, 7) is 1.41. The summed E-state index contributed by atoms with van der Waals surface area (Å²) >= 11 is 0. The SMILES string of the molecule is COC(=O)C1CCCN(C(=O)NCC(C)(O)C(=O)O)C1. The van der Waals surface area contributed by atoms with Crippen molar-refractivity contribution >= 4 is 18.0 Å². The summed E-state index contributed by atoms with van der Waals surface area (Å²) in [5, 5.41) is 20.6. The molecule has 8 nitrogen and oxygen atoms in total. The number of carboxylic acids is 1. The Morgan fingerprint density at radius 1 is 1.45 bits per heavy atom. The maximum absolute atomic E-state index is 11.9. The predicted molar refractivity (Wildman–Crippen MR) is 68.0 cm³/mol. The number of rotatable bonds is 4. The summed E-state index contributed by atoms with van der Waals surface area (Å²) in [4.78, 5) is 35.5. The number of carbonyl (C=O) groups is 3. The van der Waals surface area contributed by atoms with E-state index < -0.39 is 24.1 Å². The molecular weight excluding hydrogens is 268 g/mol. The minimum atomic E-state index is -2.02. The van der Waals surface area contributed by atoms with Crippen LogP contribution in [-0.4, -0.2) is 65.4 Å². The van der Waals surface area contributed by atoms with E-state index in [2.05, 4.69) is 10.1 Å². The molecule has 1 rings (SSSR count). The molecule has 0 bridgehead atoms. The van der Waals surface area contributed by atoms with E-state index in [0.717, 1.165) is 6.92 Å². The standard InChI is InChI=1S/C12H20N2O6/c1-12(19,10(16)17)7-13-11(18)14-5-3-4-8(6-14)9(15)20-2/h8,19H,3-7H2,1-2H3,(H,13,18)(H,16,17). The molecule has 2 amide bonds. The Kier molecular flexibility index (Phi) is 5.32. The number of amides is 2. The summed E-state index contributed by atoms with van der Waals surface area (Å²) < 4.78 is 4.65. The highest BCUT2D eigenvalue weighted by atomic mass is 16.5. The van der Waals surface area contributed by atoms with Gasteiger partial charge in [-0.2, -0.15) is 0 Å². The lowest BCUT2D eigenvalue weighted by Crippen LogP contribution is -2.52. The first-order chi connectivity index (χ1) is 9.27. The maximum Gasteiger partial charge on any atom is 0.337 e. The fraction of sp³-hybridized carbons (Fsp3) is 0.750. The number of ether oxygens (including phenoxy) is 1. The Bertz CT molecular complexity index is 395. The van der Waals surface area contributed by atoms with Gasteiger partial charge in [-0.25, -0.2) is 9.59 Å². The van der Waals surface area contributed by atoms with Crippen molar-refractivity contribution in [3.63, 3.8) is 0 Å². The Labute approximate surface area is 116 Å². The third-order valence-electron chi connectivity index (χ3n) is 3.29. The number of carboxylic acid groups (broad SMARTS) is 1. The molecule has 1 fully saturated rings. The first kappa shape index (κ1) is 16.2. The summed E-state index contributed by atoms with van der Waals surface area (Å²) in [5.74, 6) is -2.14. The van der Waals surface area contributed by atoms with Gasteiger partial charge in [0.1, 0.15) is 0 Å². The second-order valence-corrected chi connectivity index (χ2v) is 5.05. The quantitative estimate of drug-likeness (QED) is 0.596. The van der Waals surface area contributed by atoms with E-state index >= 15 is 0 Å². The number of hydrogen-bond donors (Lipinski definition) is 3. The third kappa shape index (κ3) is 4.09. The predicted octanol–water partition coefficient (Wildman–Crippen LogP) is -0.583. The highest BCUT2D eigenvalue weighted by molar-refractivity contribution is 5.80. The van der Waals surface area contributed by atoms with E-state index in [1.807, 2.05) is 0 Å². The number of likely N-dealkylation sites (tertiary alicyclic amines) is 1. The highest BCUT2D eigenvalue weighted by Crippen LogP contribution is 2.17. The maximum atomic E-state index is 11.9. The number of carbonyl (C=O) groups excluding carboxylic acids is 2. The van der Waals surface area contributed by atoms with E-state index in [4.69, 9.17) is 5.11 Å². The van der Waals surface area contributed by atoms with Gasteiger partial charge < -0.3 is 25.2 Å². The third-order valence-corrected chi connectivity index (χ3v) is 3.29. The van der Waals surface area contributed by atoms with Gasteiger partial charge in [0.05, 0.1) is 19.6 Å². The topological polar surface area (TPSA) is 116 Å². The summed E-state index contributed by atoms with van der Waals surface area (Å²) in [5.41, 5.74) is -2.02. The molecule has 0 radical (unpaired) electrons. The van der Waals surface area contributed by atoms with Crippen molar-refractivity contribution in [2.75, 3.05) is 26.7 Å². The zero-order valence-electron chi connectivity index (χ0n) is 11.6. The molecule has 3 N–H and O–H groups in total. The Morgan fingerprint density at radius 3 is 2.65 bits per heavy atom. The number of methoxy groups -OCH3 is 1. The summed E-state index contributed by atoms with van der Waals surface area (Å²) in [6.07, 6.45) is 1.33. The van der Waals surface area contributed by atoms with Gasteiger partial charge in [-0.3, -0.25) is 4.79 Å². The van der Waals surface area contributed by atoms with Gasteiger partial charge in [0.2, 0.25) is 0 Å². The minimum absolute atomic E-state index is 0.230. The molecule has 1 saturated heterocycles. The van der Waals surface area contributed by atoms with Gasteiger partial charge in [0.25, 0.3) is 0 Å². The molecule has 0 spiro atoms. The number of urea groups is 1. The second kappa shape index (κ2) is 6.56. The van der Waals surface area contributed by atoms with E-state index in [-0.39, 0.29) is 18.4 Å². The number of aliphatic carboxylic acids is 1. The fourth-order valence-corrected chi connectivity index (χ4v) is 1.96. The molecule has 0 aromatic rings. The van der Waals surface area contributed by atoms with Crippen LogP contribution in [0.25, 0.3) is 0 Å². The van der Waals surface area contributed by atoms with Crippen LogP contribution in [-0.2, 0) is 14.3 Å². The minimum Gasteiger partial charge on any atom is -0.479 e. The number of aliphatic hydroxyl groups is 1. The second-order valence-electron chi connectivity index (χ2n) is 5.05. The van der Waals surface area contributed by atoms with Crippen LogP contribution in [0.2, 0.25) is 0 Å². The molecule has 8 heteroatoms. The van der Waals surface area contributed by atoms with Gasteiger partial charge in [0.15, 0.2) is 5.60 Å². The summed E-state index contributed by atoms with van der Waals surface area (Å²) in [6, 6.07) is -0.500. The van der Waals surface area contributed by atoms with Crippen molar-refractivity contribution in [3.8, 4) is 0 Å². The monoisotopic (exact) mass is 288 g/mol. The molecule has 0 saturated carbocycles. The smallest absolute Gasteiger partial charge is 0.337 e. The first-order valence-corrected chi connectivity index (χ1v) is 6.34. The molecule has 1 heterocycles. The van der Waals surface area contributed by atoms with Gasteiger partial charge in [-0.15, -0.1) is 0 Å². The largest absolute Gasteiger partial charge is 0.479 e. The molecule has 0 aromatic carbocycles. The molecule has 0 aromatic heterocycles. The average Bonchev–Trinajstić information content (AvgIpc) is 2.43. The van der Waals surface area contributed by atoms with Crippen molar-refractivity contribution in [3.05, 3.63) is 0 Å². The molecule has 2 atom stereocenters. The van der Waals surface area contributed by atoms with Crippen LogP contribution in [0.1, 0.15) is 19.8 Å². The van der Waals surface area contributed by atoms with Crippen LogP contribution < -0.4 is 5.32 Å². The number of esters is 1. The molecule has 114 valence electrons. The van der Waals surface area contributed by atoms with Crippen molar-refractivity contribution in [2.45, 2.75) is 25.4 Å². The highest BCUT2D eigenvalue weighted by Gasteiger charge is 2.33. The van der Waals surface area contributed by atoms with Crippen LogP contribution in [0.3, 0.4) is 0 Å². The van der Waals surface area contributed by atoms with Crippen LogP contribution in [0, 0.1) is 5.92 Å². The number of hydrogen-bond acceptors (Lipinski definition) is 5. The Morgan fingerprint density at radius 2 is 2.10 bits per heavy atom. The van der Waals surface area contributed by atoms with Crippen molar-refractivity contribution in [2.24, 2.45) is 5.92 Å².